The summed E-state index contributed by atoms with van der Waals surface area (Å²) in [5, 5.41) is 4.85. The lowest BCUT2D eigenvalue weighted by molar-refractivity contribution is 0.419. The normalized spacial score (nSPS) is 23.0. The fourth-order valence-electron chi connectivity index (χ4n) is 8.85. The molecule has 0 bridgehead atoms. The second-order valence-electron chi connectivity index (χ2n) is 13.5. The lowest BCUT2D eigenvalue weighted by atomic mass is 9.86. The van der Waals surface area contributed by atoms with Gasteiger partial charge in [-0.25, -0.2) is 0 Å². The molecule has 4 aromatic rings. The smallest absolute Gasteiger partial charge is 0.126 e. The van der Waals surface area contributed by atoms with Crippen LogP contribution in [0, 0.1) is 0 Å². The predicted molar refractivity (Wildman–Crippen MR) is 204 cm³/mol. The topological polar surface area (TPSA) is 18.5 Å². The van der Waals surface area contributed by atoms with Crippen molar-refractivity contribution >= 4 is 30.3 Å². The van der Waals surface area contributed by atoms with Crippen LogP contribution in [0.1, 0.15) is 36.8 Å². The van der Waals surface area contributed by atoms with Gasteiger partial charge in [-0.1, -0.05) is 139 Å². The largest absolute Gasteiger partial charge is 0.496 e. The van der Waals surface area contributed by atoms with Crippen molar-refractivity contribution < 1.29 is 9.47 Å². The zero-order chi connectivity index (χ0) is 32.9. The van der Waals surface area contributed by atoms with Crippen LogP contribution in [0.3, 0.4) is 0 Å². The molecule has 0 saturated heterocycles. The number of benzene rings is 4. The molecule has 0 fully saturated rings. The average Bonchev–Trinajstić information content (AvgIpc) is 3.43. The van der Waals surface area contributed by atoms with Gasteiger partial charge < -0.3 is 9.47 Å². The van der Waals surface area contributed by atoms with Crippen LogP contribution in [-0.2, 0) is 0 Å². The molecule has 3 heteroatoms. The maximum absolute atomic E-state index is 5.76. The second kappa shape index (κ2) is 12.3. The fraction of sp³-hybridized carbons (Fsp3) is 0.200. The van der Waals surface area contributed by atoms with E-state index in [1.54, 1.807) is 14.2 Å². The molecule has 0 aromatic heterocycles. The van der Waals surface area contributed by atoms with E-state index in [9.17, 15) is 0 Å². The van der Waals surface area contributed by atoms with Crippen molar-refractivity contribution in [2.24, 2.45) is 0 Å². The number of hydrogen-bond acceptors (Lipinski definition) is 2. The minimum Gasteiger partial charge on any atom is -0.496 e. The first kappa shape index (κ1) is 30.5. The van der Waals surface area contributed by atoms with E-state index in [1.165, 1.54) is 66.1 Å². The summed E-state index contributed by atoms with van der Waals surface area (Å²) in [6, 6.07) is 26.1. The van der Waals surface area contributed by atoms with E-state index in [0.29, 0.717) is 11.1 Å². The Bertz CT molecular complexity index is 2060. The molecule has 4 aliphatic rings. The van der Waals surface area contributed by atoms with Crippen LogP contribution in [0.5, 0.6) is 11.5 Å². The maximum atomic E-state index is 5.76. The van der Waals surface area contributed by atoms with Gasteiger partial charge in [0.05, 0.1) is 23.0 Å². The molecule has 0 heterocycles. The molecule has 4 aliphatic carbocycles. The highest BCUT2D eigenvalue weighted by atomic mass is 28.3. The van der Waals surface area contributed by atoms with E-state index < -0.39 is 8.80 Å². The summed E-state index contributed by atoms with van der Waals surface area (Å²) < 4.78 is 11.5. The highest BCUT2D eigenvalue weighted by Gasteiger charge is 2.41. The minimum absolute atomic E-state index is 0.185. The Labute approximate surface area is 286 Å². The third-order valence-corrected chi connectivity index (χ3v) is 14.2. The number of methoxy groups -OCH3 is 2. The number of hydrogen-bond donors (Lipinski definition) is 0. The van der Waals surface area contributed by atoms with E-state index in [1.807, 2.05) is 0 Å². The first-order valence-corrected chi connectivity index (χ1v) is 19.1. The van der Waals surface area contributed by atoms with Crippen LogP contribution in [0.4, 0.5) is 0 Å². The van der Waals surface area contributed by atoms with Crippen LogP contribution >= 0.6 is 0 Å². The van der Waals surface area contributed by atoms with Crippen LogP contribution < -0.4 is 9.47 Å². The predicted octanol–water partition coefficient (Wildman–Crippen LogP) is 11.5. The number of ether oxygens (including phenoxy) is 2. The van der Waals surface area contributed by atoms with E-state index in [4.69, 9.17) is 9.47 Å². The summed E-state index contributed by atoms with van der Waals surface area (Å²) in [4.78, 5) is 0. The Kier molecular flexibility index (Phi) is 7.81. The van der Waals surface area contributed by atoms with Gasteiger partial charge in [-0.15, -0.1) is 0 Å². The van der Waals surface area contributed by atoms with E-state index in [-0.39, 0.29) is 11.8 Å². The summed E-state index contributed by atoms with van der Waals surface area (Å²) in [6.45, 7) is 7.32. The summed E-state index contributed by atoms with van der Waals surface area (Å²) in [5.74, 6) is 2.22. The Morgan fingerprint density at radius 2 is 0.917 bits per heavy atom. The van der Waals surface area contributed by atoms with Gasteiger partial charge in [-0.3, -0.25) is 0 Å². The van der Waals surface area contributed by atoms with Gasteiger partial charge in [0, 0.05) is 22.6 Å². The monoisotopic (exact) mass is 641 g/mol. The number of rotatable bonds is 6. The van der Waals surface area contributed by atoms with Crippen molar-refractivity contribution in [2.45, 2.75) is 43.3 Å². The summed E-state index contributed by atoms with van der Waals surface area (Å²) >= 11 is 0. The average molecular weight is 642 g/mol. The molecule has 1 radical (unpaired) electrons. The maximum Gasteiger partial charge on any atom is 0.126 e. The zero-order valence-corrected chi connectivity index (χ0v) is 29.3. The molecule has 0 aliphatic heterocycles. The van der Waals surface area contributed by atoms with Crippen molar-refractivity contribution in [3.05, 3.63) is 178 Å². The Balaban J connectivity index is 1.20. The van der Waals surface area contributed by atoms with Gasteiger partial charge >= 0.3 is 0 Å². The summed E-state index contributed by atoms with van der Waals surface area (Å²) in [6.07, 6.45) is 23.6. The molecule has 0 N–H and O–H groups in total. The molecule has 0 spiro atoms. The van der Waals surface area contributed by atoms with Gasteiger partial charge in [0.15, 0.2) is 0 Å². The van der Waals surface area contributed by atoms with Crippen LogP contribution in [0.25, 0.3) is 21.5 Å². The SMILES string of the molecule is COc1ccc(C2C=CC=CC3=C2C=C(C)C3[Si](C)C2C(C)=CC3=C2C=CC=CC3c2ccc(OC)c3ccccc23)c2ccccc12. The van der Waals surface area contributed by atoms with E-state index in [0.717, 1.165) is 11.5 Å². The Morgan fingerprint density at radius 1 is 0.500 bits per heavy atom. The second-order valence-corrected chi connectivity index (χ2v) is 16.1. The van der Waals surface area contributed by atoms with Crippen molar-refractivity contribution in [2.75, 3.05) is 14.2 Å². The molecule has 4 aromatic carbocycles. The Morgan fingerprint density at radius 3 is 1.33 bits per heavy atom. The summed E-state index contributed by atoms with van der Waals surface area (Å²) in [7, 11) is 2.55. The molecular formula is C45H41O2Si. The van der Waals surface area contributed by atoms with Gasteiger partial charge in [-0.2, -0.15) is 0 Å². The van der Waals surface area contributed by atoms with Crippen molar-refractivity contribution in [1.82, 2.24) is 0 Å². The molecule has 48 heavy (non-hydrogen) atoms. The molecular weight excluding hydrogens is 601 g/mol. The van der Waals surface area contributed by atoms with Gasteiger partial charge in [0.2, 0.25) is 0 Å². The standard InChI is InChI=1S/C45H41O2Si/c1-28-26-40-32(34-22-24-42(46-3)36-18-10-6-14-30(34)36)16-8-12-20-38(40)44(28)48(5)45-29(2)27-41-33(17-9-13-21-39(41)45)35-23-25-43(47-4)37-19-11-7-15-31(35)37/h6-27,32-33,44-45H,1-5H3. The van der Waals surface area contributed by atoms with E-state index >= 15 is 0 Å². The molecule has 0 saturated carbocycles. The quantitative estimate of drug-likeness (QED) is 0.195. The molecule has 237 valence electrons. The van der Waals surface area contributed by atoms with Crippen molar-refractivity contribution in [1.29, 1.82) is 0 Å². The lowest BCUT2D eigenvalue weighted by Crippen LogP contribution is -2.25. The molecule has 4 atom stereocenters. The van der Waals surface area contributed by atoms with Gasteiger partial charge in [0.1, 0.15) is 11.5 Å². The van der Waals surface area contributed by atoms with Gasteiger partial charge in [0.25, 0.3) is 0 Å². The highest BCUT2D eigenvalue weighted by Crippen LogP contribution is 2.54. The van der Waals surface area contributed by atoms with Crippen molar-refractivity contribution in [3.8, 4) is 11.5 Å². The number of fused-ring (bicyclic) bond motifs is 2. The lowest BCUT2D eigenvalue weighted by Gasteiger charge is -2.30. The number of allylic oxidation sites excluding steroid dienone is 16. The third-order valence-electron chi connectivity index (χ3n) is 10.9. The summed E-state index contributed by atoms with van der Waals surface area (Å²) in [5.41, 5.74) is 12.4. The third kappa shape index (κ3) is 4.83. The zero-order valence-electron chi connectivity index (χ0n) is 28.3. The first-order chi connectivity index (χ1) is 23.5. The van der Waals surface area contributed by atoms with Crippen LogP contribution in [0.15, 0.2) is 167 Å². The molecule has 4 unspecified atom stereocenters. The van der Waals surface area contributed by atoms with Gasteiger partial charge in [-0.05, 0) is 81.3 Å². The molecule has 2 nitrogen and oxygen atoms in total. The first-order valence-electron chi connectivity index (χ1n) is 17.0. The van der Waals surface area contributed by atoms with Crippen LogP contribution in [-0.4, -0.2) is 23.0 Å². The minimum atomic E-state index is -0.976. The van der Waals surface area contributed by atoms with Crippen molar-refractivity contribution in [3.63, 3.8) is 0 Å². The van der Waals surface area contributed by atoms with E-state index in [2.05, 4.69) is 154 Å². The highest BCUT2D eigenvalue weighted by molar-refractivity contribution is 6.64. The fourth-order valence-corrected chi connectivity index (χ4v) is 12.3. The molecule has 0 amide bonds. The molecule has 8 rings (SSSR count). The Hall–Kier alpha value is -4.86. The van der Waals surface area contributed by atoms with Crippen LogP contribution in [0.2, 0.25) is 17.6 Å².